The van der Waals surface area contributed by atoms with Gasteiger partial charge in [-0.15, -0.1) is 0 Å². The zero-order chi connectivity index (χ0) is 61.8. The number of anilines is 12. The summed E-state index contributed by atoms with van der Waals surface area (Å²) in [5, 5.41) is 0. The first-order chi connectivity index (χ1) is 45.3. The summed E-state index contributed by atoms with van der Waals surface area (Å²) in [6.45, 7) is 8.51. The molecule has 1 aliphatic carbocycles. The first kappa shape index (κ1) is 56.4. The van der Waals surface area contributed by atoms with Gasteiger partial charge in [0.1, 0.15) is 0 Å². The maximum Gasteiger partial charge on any atom is 0.252 e. The van der Waals surface area contributed by atoms with E-state index in [1.165, 1.54) is 90.7 Å². The molecule has 0 aromatic heterocycles. The van der Waals surface area contributed by atoms with E-state index >= 15 is 0 Å². The van der Waals surface area contributed by atoms with Gasteiger partial charge in [-0.05, 0) is 176 Å². The van der Waals surface area contributed by atoms with Crippen LogP contribution in [0.4, 0.5) is 68.2 Å². The standard InChI is InChI=1S/C87H71BN4/c1-59-35-43-69(44-36-59)89(70-45-37-60(2)38-46-70)73-51-53-79-81(57-73)91(86-75(64-23-9-5-10-24-64)31-19-32-76(86)65-25-11-6-12-26-65)83-55-68(63-21-17-18-22-63)56-84-85(83)88(79)80-54-52-74(90(71-47-39-61(3)40-48-71)72-49-41-62(4)42-50-72)58-82(80)92(84)87-77(66-27-13-7-14-28-66)33-20-34-78(87)67-29-15-8-16-30-67/h5-16,19-20,23-58,63H,17-18,21-22H2,1-4H3. The number of rotatable bonds is 13. The van der Waals surface area contributed by atoms with Crippen LogP contribution in [0.25, 0.3) is 44.5 Å². The molecule has 13 aromatic rings. The topological polar surface area (TPSA) is 13.0 Å². The molecule has 0 radical (unpaired) electrons. The summed E-state index contributed by atoms with van der Waals surface area (Å²) in [6, 6.07) is 114. The minimum absolute atomic E-state index is 0.189. The highest BCUT2D eigenvalue weighted by Gasteiger charge is 2.46. The van der Waals surface area contributed by atoms with Crippen LogP contribution in [-0.2, 0) is 0 Å². The first-order valence-electron chi connectivity index (χ1n) is 32.7. The SMILES string of the molecule is Cc1ccc(N(c2ccc(C)cc2)c2ccc3c(c2)N(c2c(-c4ccccc4)cccc2-c2ccccc2)c2cc(C4CCCC4)cc4c2B3c2ccc(N(c3ccc(C)cc3)c3ccc(C)cc3)cc2N4c2c(-c3ccccc3)cccc2-c2ccccc2)cc1. The molecule has 92 heavy (non-hydrogen) atoms. The zero-order valence-electron chi connectivity index (χ0n) is 52.6. The van der Waals surface area contributed by atoms with Crippen molar-refractivity contribution in [3.8, 4) is 44.5 Å². The third-order valence-electron chi connectivity index (χ3n) is 19.4. The fourth-order valence-electron chi connectivity index (χ4n) is 14.9. The summed E-state index contributed by atoms with van der Waals surface area (Å²) >= 11 is 0. The molecule has 4 nitrogen and oxygen atoms in total. The van der Waals surface area contributed by atoms with Gasteiger partial charge in [0.15, 0.2) is 0 Å². The van der Waals surface area contributed by atoms with Crippen molar-refractivity contribution in [1.82, 2.24) is 0 Å². The molecule has 13 aromatic carbocycles. The molecule has 1 fully saturated rings. The van der Waals surface area contributed by atoms with Crippen molar-refractivity contribution in [2.75, 3.05) is 19.6 Å². The fourth-order valence-corrected chi connectivity index (χ4v) is 14.9. The number of fused-ring (bicyclic) bond motifs is 4. The quantitative estimate of drug-likeness (QED) is 0.107. The Bertz CT molecular complexity index is 4330. The van der Waals surface area contributed by atoms with E-state index in [1.54, 1.807) is 0 Å². The number of aryl methyl sites for hydroxylation is 4. The van der Waals surface area contributed by atoms with Crippen molar-refractivity contribution >= 4 is 91.3 Å². The van der Waals surface area contributed by atoms with Gasteiger partial charge in [0.05, 0.1) is 11.4 Å². The monoisotopic (exact) mass is 1180 g/mol. The number of para-hydroxylation sites is 2. The Kier molecular flexibility index (Phi) is 14.6. The second-order valence-corrected chi connectivity index (χ2v) is 25.4. The maximum absolute atomic E-state index is 2.72. The van der Waals surface area contributed by atoms with Gasteiger partial charge < -0.3 is 19.6 Å². The number of hydrogen-bond donors (Lipinski definition) is 0. The highest BCUT2D eigenvalue weighted by molar-refractivity contribution is 7.00. The molecule has 0 amide bonds. The molecule has 0 atom stereocenters. The van der Waals surface area contributed by atoms with Gasteiger partial charge in [-0.25, -0.2) is 0 Å². The highest BCUT2D eigenvalue weighted by atomic mass is 15.2. The lowest BCUT2D eigenvalue weighted by Gasteiger charge is -2.46. The number of nitrogens with zero attached hydrogens (tertiary/aromatic N) is 4. The van der Waals surface area contributed by atoms with E-state index in [9.17, 15) is 0 Å². The van der Waals surface area contributed by atoms with Gasteiger partial charge in [-0.3, -0.25) is 0 Å². The van der Waals surface area contributed by atoms with E-state index in [1.807, 2.05) is 0 Å². The van der Waals surface area contributed by atoms with Crippen molar-refractivity contribution in [1.29, 1.82) is 0 Å². The molecule has 0 N–H and O–H groups in total. The maximum atomic E-state index is 2.72. The third-order valence-corrected chi connectivity index (χ3v) is 19.4. The van der Waals surface area contributed by atoms with E-state index < -0.39 is 0 Å². The Balaban J connectivity index is 1.06. The summed E-state index contributed by atoms with van der Waals surface area (Å²) in [6.07, 6.45) is 4.69. The summed E-state index contributed by atoms with van der Waals surface area (Å²) in [7, 11) is 0. The van der Waals surface area contributed by atoms with Gasteiger partial charge in [-0.2, -0.15) is 0 Å². The van der Waals surface area contributed by atoms with Gasteiger partial charge in [-0.1, -0.05) is 253 Å². The average Bonchev–Trinajstić information content (AvgIpc) is 0.704. The summed E-state index contributed by atoms with van der Waals surface area (Å²) in [4.78, 5) is 10.3. The van der Waals surface area contributed by atoms with E-state index in [4.69, 9.17) is 0 Å². The van der Waals surface area contributed by atoms with Crippen LogP contribution in [0.2, 0.25) is 0 Å². The van der Waals surface area contributed by atoms with Gasteiger partial charge in [0.2, 0.25) is 0 Å². The summed E-state index contributed by atoms with van der Waals surface area (Å²) in [5.41, 5.74) is 33.0. The summed E-state index contributed by atoms with van der Waals surface area (Å²) in [5.74, 6) is 0.368. The predicted molar refractivity (Wildman–Crippen MR) is 392 cm³/mol. The second-order valence-electron chi connectivity index (χ2n) is 25.4. The fraction of sp³-hybridized carbons (Fsp3) is 0.103. The van der Waals surface area contributed by atoms with E-state index in [-0.39, 0.29) is 6.71 Å². The predicted octanol–water partition coefficient (Wildman–Crippen LogP) is 22.3. The second kappa shape index (κ2) is 23.8. The third kappa shape index (κ3) is 10.2. The van der Waals surface area contributed by atoms with Crippen LogP contribution in [0.3, 0.4) is 0 Å². The molecule has 5 heteroatoms. The Labute approximate surface area is 542 Å². The molecule has 442 valence electrons. The minimum atomic E-state index is -0.189. The Morgan fingerprint density at radius 1 is 0.293 bits per heavy atom. The summed E-state index contributed by atoms with van der Waals surface area (Å²) < 4.78 is 0. The van der Waals surface area contributed by atoms with Crippen LogP contribution < -0.4 is 36.0 Å². The molecule has 16 rings (SSSR count). The largest absolute Gasteiger partial charge is 0.310 e. The van der Waals surface area contributed by atoms with Gasteiger partial charge in [0.25, 0.3) is 6.71 Å². The van der Waals surface area contributed by atoms with Crippen LogP contribution in [-0.4, -0.2) is 6.71 Å². The zero-order valence-corrected chi connectivity index (χ0v) is 52.6. The van der Waals surface area contributed by atoms with Gasteiger partial charge >= 0.3 is 0 Å². The van der Waals surface area contributed by atoms with E-state index in [0.717, 1.165) is 92.0 Å². The lowest BCUT2D eigenvalue weighted by atomic mass is 9.33. The van der Waals surface area contributed by atoms with Crippen LogP contribution in [0, 0.1) is 27.7 Å². The molecule has 0 bridgehead atoms. The smallest absolute Gasteiger partial charge is 0.252 e. The molecule has 0 spiro atoms. The molecular weight excluding hydrogens is 1110 g/mol. The minimum Gasteiger partial charge on any atom is -0.310 e. The van der Waals surface area contributed by atoms with Crippen molar-refractivity contribution in [3.63, 3.8) is 0 Å². The Hall–Kier alpha value is -10.9. The van der Waals surface area contributed by atoms with E-state index in [2.05, 4.69) is 351 Å². The lowest BCUT2D eigenvalue weighted by Crippen LogP contribution is -2.61. The van der Waals surface area contributed by atoms with Gasteiger partial charge in [0, 0.05) is 79.1 Å². The normalized spacial score (nSPS) is 13.2. The number of benzene rings is 13. The molecule has 1 saturated carbocycles. The average molecular weight is 1180 g/mol. The Morgan fingerprint density at radius 3 is 0.891 bits per heavy atom. The Morgan fingerprint density at radius 2 is 0.587 bits per heavy atom. The highest BCUT2D eigenvalue weighted by Crippen LogP contribution is 2.55. The van der Waals surface area contributed by atoms with Crippen molar-refractivity contribution < 1.29 is 0 Å². The van der Waals surface area contributed by atoms with Crippen LogP contribution in [0.1, 0.15) is 59.4 Å². The molecule has 2 aliphatic heterocycles. The van der Waals surface area contributed by atoms with Crippen molar-refractivity contribution in [3.05, 3.63) is 331 Å². The molecule has 0 unspecified atom stereocenters. The van der Waals surface area contributed by atoms with Crippen LogP contribution in [0.15, 0.2) is 303 Å². The van der Waals surface area contributed by atoms with Crippen molar-refractivity contribution in [2.24, 2.45) is 0 Å². The molecule has 0 saturated heterocycles. The lowest BCUT2D eigenvalue weighted by molar-refractivity contribution is 0.723. The molecule has 3 aliphatic rings. The van der Waals surface area contributed by atoms with Crippen LogP contribution >= 0.6 is 0 Å². The van der Waals surface area contributed by atoms with Crippen LogP contribution in [0.5, 0.6) is 0 Å². The molecular formula is C87H71BN4. The molecule has 2 heterocycles. The first-order valence-corrected chi connectivity index (χ1v) is 32.7. The van der Waals surface area contributed by atoms with E-state index in [0.29, 0.717) is 5.92 Å². The van der Waals surface area contributed by atoms with Crippen molar-refractivity contribution in [2.45, 2.75) is 59.3 Å². The number of hydrogen-bond acceptors (Lipinski definition) is 4.